The number of nitrogens with zero attached hydrogens (tertiary/aromatic N) is 1. The first-order valence-corrected chi connectivity index (χ1v) is 5.45. The molecule has 17 heavy (non-hydrogen) atoms. The predicted octanol–water partition coefficient (Wildman–Crippen LogP) is 2.13. The highest BCUT2D eigenvalue weighted by Crippen LogP contribution is 2.33. The zero-order chi connectivity index (χ0) is 12.4. The lowest BCUT2D eigenvalue weighted by atomic mass is 9.83. The van der Waals surface area contributed by atoms with Crippen molar-refractivity contribution < 1.29 is 13.6 Å². The first-order valence-electron chi connectivity index (χ1n) is 5.45. The molecule has 0 aromatic carbocycles. The van der Waals surface area contributed by atoms with E-state index in [1.54, 1.807) is 0 Å². The van der Waals surface area contributed by atoms with Gasteiger partial charge in [0.25, 0.3) is 0 Å². The van der Waals surface area contributed by atoms with Crippen molar-refractivity contribution in [1.82, 2.24) is 5.32 Å². The van der Waals surface area contributed by atoms with Crippen LogP contribution < -0.4 is 5.32 Å². The molecule has 2 aliphatic rings. The molecule has 3 atom stereocenters. The van der Waals surface area contributed by atoms with Crippen molar-refractivity contribution >= 4 is 5.91 Å². The second-order valence-corrected chi connectivity index (χ2v) is 4.28. The van der Waals surface area contributed by atoms with Crippen LogP contribution in [-0.2, 0) is 4.79 Å². The summed E-state index contributed by atoms with van der Waals surface area (Å²) in [5, 5.41) is 5.43. The topological polar surface area (TPSA) is 58.5 Å². The molecule has 0 aromatic heterocycles. The molecule has 1 saturated heterocycles. The van der Waals surface area contributed by atoms with E-state index < -0.39 is 29.7 Å². The normalized spacial score (nSPS) is 33.5. The van der Waals surface area contributed by atoms with Gasteiger partial charge < -0.3 is 5.32 Å². The van der Waals surface area contributed by atoms with E-state index in [9.17, 15) is 18.5 Å². The number of nitrogens with one attached hydrogen (secondary N) is 1. The molecule has 0 bridgehead atoms. The molecule has 1 amide bonds. The highest BCUT2D eigenvalue weighted by atomic mass is 19.1. The maximum absolute atomic E-state index is 13.6. The van der Waals surface area contributed by atoms with E-state index >= 15 is 0 Å². The molecule has 0 aromatic rings. The second-order valence-electron chi connectivity index (χ2n) is 4.28. The third-order valence-electron chi connectivity index (χ3n) is 3.17. The molecule has 1 fully saturated rings. The monoisotopic (exact) mass is 242 g/mol. The van der Waals surface area contributed by atoms with Gasteiger partial charge in [-0.05, 0) is 18.6 Å². The number of nitroso groups, excluding NO2 is 1. The molecule has 4 nitrogen and oxygen atoms in total. The van der Waals surface area contributed by atoms with Crippen LogP contribution in [0.5, 0.6) is 0 Å². The third kappa shape index (κ3) is 2.40. The zero-order valence-corrected chi connectivity index (χ0v) is 9.03. The fraction of sp³-hybridized carbons (Fsp3) is 0.545. The van der Waals surface area contributed by atoms with Crippen LogP contribution >= 0.6 is 0 Å². The van der Waals surface area contributed by atoms with Gasteiger partial charge in [0, 0.05) is 18.8 Å². The summed E-state index contributed by atoms with van der Waals surface area (Å²) >= 11 is 0. The summed E-state index contributed by atoms with van der Waals surface area (Å²) in [6.07, 6.45) is 2.43. The molecule has 2 rings (SSSR count). The molecule has 1 heterocycles. The van der Waals surface area contributed by atoms with E-state index in [2.05, 4.69) is 10.5 Å². The molecule has 1 aliphatic heterocycles. The highest BCUT2D eigenvalue weighted by molar-refractivity contribution is 5.77. The minimum Gasteiger partial charge on any atom is -0.350 e. The van der Waals surface area contributed by atoms with E-state index in [-0.39, 0.29) is 25.2 Å². The van der Waals surface area contributed by atoms with Gasteiger partial charge in [0.15, 0.2) is 0 Å². The van der Waals surface area contributed by atoms with Crippen LogP contribution in [0.2, 0.25) is 0 Å². The average molecular weight is 242 g/mol. The van der Waals surface area contributed by atoms with Crippen molar-refractivity contribution in [2.75, 3.05) is 0 Å². The molecule has 1 aliphatic carbocycles. The Morgan fingerprint density at radius 1 is 1.35 bits per heavy atom. The van der Waals surface area contributed by atoms with Crippen molar-refractivity contribution in [3.63, 3.8) is 0 Å². The fourth-order valence-electron chi connectivity index (χ4n) is 2.27. The van der Waals surface area contributed by atoms with Gasteiger partial charge in [0.05, 0.1) is 6.04 Å². The first kappa shape index (κ1) is 11.9. The highest BCUT2D eigenvalue weighted by Gasteiger charge is 2.38. The fourth-order valence-corrected chi connectivity index (χ4v) is 2.27. The summed E-state index contributed by atoms with van der Waals surface area (Å²) in [6.45, 7) is 0. The van der Waals surface area contributed by atoms with Gasteiger partial charge in [-0.1, -0.05) is 5.18 Å². The van der Waals surface area contributed by atoms with Crippen LogP contribution in [0.1, 0.15) is 19.3 Å². The molecule has 92 valence electrons. The number of halogens is 2. The van der Waals surface area contributed by atoms with Crippen LogP contribution in [0, 0.1) is 10.8 Å². The Balaban J connectivity index is 2.19. The Morgan fingerprint density at radius 3 is 2.82 bits per heavy atom. The lowest BCUT2D eigenvalue weighted by Crippen LogP contribution is -2.51. The van der Waals surface area contributed by atoms with Crippen molar-refractivity contribution in [1.29, 1.82) is 0 Å². The largest absolute Gasteiger partial charge is 0.350 e. The summed E-state index contributed by atoms with van der Waals surface area (Å²) in [7, 11) is 0. The number of hydrogen-bond donors (Lipinski definition) is 1. The molecule has 0 spiro atoms. The number of piperidine rings is 1. The van der Waals surface area contributed by atoms with Crippen LogP contribution in [0.15, 0.2) is 29.0 Å². The maximum atomic E-state index is 13.6. The Labute approximate surface area is 96.7 Å². The van der Waals surface area contributed by atoms with Crippen molar-refractivity contribution in [2.24, 2.45) is 11.1 Å². The molecular weight excluding hydrogens is 230 g/mol. The molecule has 2 unspecified atom stereocenters. The van der Waals surface area contributed by atoms with E-state index in [0.29, 0.717) is 0 Å². The lowest BCUT2D eigenvalue weighted by molar-refractivity contribution is -0.124. The average Bonchev–Trinajstić information content (AvgIpc) is 2.32. The van der Waals surface area contributed by atoms with Crippen molar-refractivity contribution in [3.8, 4) is 0 Å². The van der Waals surface area contributed by atoms with Gasteiger partial charge in [-0.25, -0.2) is 8.78 Å². The molecule has 6 heteroatoms. The van der Waals surface area contributed by atoms with E-state index in [4.69, 9.17) is 0 Å². The Bertz CT molecular complexity index is 406. The minimum absolute atomic E-state index is 0.140. The number of carbonyl (C=O) groups is 1. The lowest BCUT2D eigenvalue weighted by Gasteiger charge is -2.34. The summed E-state index contributed by atoms with van der Waals surface area (Å²) in [5.74, 6) is -2.06. The number of rotatable bonds is 2. The quantitative estimate of drug-likeness (QED) is 0.754. The number of carbonyl (C=O) groups excluding carboxylic acids is 1. The van der Waals surface area contributed by atoms with Crippen molar-refractivity contribution in [3.05, 3.63) is 28.7 Å². The van der Waals surface area contributed by atoms with Crippen LogP contribution in [0.3, 0.4) is 0 Å². The second kappa shape index (κ2) is 4.73. The van der Waals surface area contributed by atoms with Crippen LogP contribution in [0.4, 0.5) is 8.78 Å². The summed E-state index contributed by atoms with van der Waals surface area (Å²) in [5.41, 5.74) is 0. The maximum Gasteiger partial charge on any atom is 0.220 e. The molecule has 0 saturated carbocycles. The number of hydrogen-bond acceptors (Lipinski definition) is 3. The van der Waals surface area contributed by atoms with E-state index in [1.807, 2.05) is 0 Å². The summed E-state index contributed by atoms with van der Waals surface area (Å²) < 4.78 is 26.7. The number of amides is 1. The Kier molecular flexibility index (Phi) is 3.31. The van der Waals surface area contributed by atoms with Gasteiger partial charge in [-0.15, -0.1) is 0 Å². The predicted molar refractivity (Wildman–Crippen MR) is 57.2 cm³/mol. The zero-order valence-electron chi connectivity index (χ0n) is 9.03. The van der Waals surface area contributed by atoms with Gasteiger partial charge >= 0.3 is 0 Å². The van der Waals surface area contributed by atoms with Crippen LogP contribution in [-0.4, -0.2) is 18.0 Å². The van der Waals surface area contributed by atoms with Gasteiger partial charge in [0.1, 0.15) is 17.7 Å². The summed E-state index contributed by atoms with van der Waals surface area (Å²) in [4.78, 5) is 21.9. The SMILES string of the molecule is O=NC1CCC(=O)N[C@@H]1C1CC(F)=CC=C1F. The van der Waals surface area contributed by atoms with E-state index in [1.165, 1.54) is 0 Å². The number of allylic oxidation sites excluding steroid dienone is 3. The standard InChI is InChI=1S/C11H12F2N2O2/c12-6-1-2-8(13)7(5-6)11-9(15-17)3-4-10(16)14-11/h1-2,7,9,11H,3-5H2,(H,14,16)/t7?,9?,11-/m1/s1. The van der Waals surface area contributed by atoms with Crippen molar-refractivity contribution in [2.45, 2.75) is 31.3 Å². The Morgan fingerprint density at radius 2 is 2.12 bits per heavy atom. The first-order chi connectivity index (χ1) is 8.11. The summed E-state index contributed by atoms with van der Waals surface area (Å²) in [6, 6.07) is -1.44. The van der Waals surface area contributed by atoms with Crippen LogP contribution in [0.25, 0.3) is 0 Å². The van der Waals surface area contributed by atoms with Gasteiger partial charge in [-0.3, -0.25) is 4.79 Å². The molecular formula is C11H12F2N2O2. The molecule has 0 radical (unpaired) electrons. The third-order valence-corrected chi connectivity index (χ3v) is 3.17. The smallest absolute Gasteiger partial charge is 0.220 e. The van der Waals surface area contributed by atoms with E-state index in [0.717, 1.165) is 12.2 Å². The molecule has 1 N–H and O–H groups in total. The Hall–Kier alpha value is -1.59. The van der Waals surface area contributed by atoms with Gasteiger partial charge in [-0.2, -0.15) is 4.91 Å². The minimum atomic E-state index is -0.827. The van der Waals surface area contributed by atoms with Gasteiger partial charge in [0.2, 0.25) is 5.91 Å².